The first kappa shape index (κ1) is 10.3. The van der Waals surface area contributed by atoms with Crippen LogP contribution < -0.4 is 0 Å². The quantitative estimate of drug-likeness (QED) is 0.573. The molecule has 0 spiro atoms. The van der Waals surface area contributed by atoms with Gasteiger partial charge in [-0.2, -0.15) is 0 Å². The summed E-state index contributed by atoms with van der Waals surface area (Å²) in [4.78, 5) is 11.4. The van der Waals surface area contributed by atoms with E-state index in [9.17, 15) is 4.79 Å². The molecule has 1 aliphatic rings. The minimum atomic E-state index is 0.139. The Labute approximate surface area is 101 Å². The molecular weight excluding hydrogens is 208 g/mol. The molecule has 84 valence electrons. The van der Waals surface area contributed by atoms with Crippen LogP contribution >= 0.6 is 0 Å². The van der Waals surface area contributed by atoms with Gasteiger partial charge in [0.05, 0.1) is 0 Å². The van der Waals surface area contributed by atoms with Gasteiger partial charge in [0.15, 0.2) is 5.78 Å². The molecule has 2 aromatic carbocycles. The number of Topliss-reactive ketones (excluding diaryl/α,β-unsaturated/α-hetero) is 1. The van der Waals surface area contributed by atoms with Crippen molar-refractivity contribution in [3.8, 4) is 11.1 Å². The van der Waals surface area contributed by atoms with Crippen LogP contribution in [-0.4, -0.2) is 5.78 Å². The maximum Gasteiger partial charge on any atom is 0.159 e. The maximum atomic E-state index is 11.4. The van der Waals surface area contributed by atoms with Gasteiger partial charge in [-0.15, -0.1) is 0 Å². The van der Waals surface area contributed by atoms with Gasteiger partial charge in [0.2, 0.25) is 0 Å². The van der Waals surface area contributed by atoms with Crippen LogP contribution in [0.15, 0.2) is 36.4 Å². The zero-order chi connectivity index (χ0) is 12.0. The standard InChI is InChI=1S/C16H14O/c1-10-3-5-15-13(7-10)9-14-8-12(11(2)17)4-6-16(14)15/h3-8H,9H2,1-2H3. The topological polar surface area (TPSA) is 17.1 Å². The number of benzene rings is 2. The van der Waals surface area contributed by atoms with Gasteiger partial charge in [0.25, 0.3) is 0 Å². The van der Waals surface area contributed by atoms with Crippen molar-refractivity contribution in [2.45, 2.75) is 20.3 Å². The third-order valence-electron chi connectivity index (χ3n) is 3.44. The van der Waals surface area contributed by atoms with Crippen molar-refractivity contribution in [3.63, 3.8) is 0 Å². The van der Waals surface area contributed by atoms with Gasteiger partial charge in [-0.3, -0.25) is 4.79 Å². The van der Waals surface area contributed by atoms with Crippen LogP contribution in [0.2, 0.25) is 0 Å². The third-order valence-corrected chi connectivity index (χ3v) is 3.44. The summed E-state index contributed by atoms with van der Waals surface area (Å²) in [5, 5.41) is 0. The van der Waals surface area contributed by atoms with Crippen molar-refractivity contribution in [2.75, 3.05) is 0 Å². The summed E-state index contributed by atoms with van der Waals surface area (Å²) in [5.74, 6) is 0.139. The fourth-order valence-electron chi connectivity index (χ4n) is 2.56. The Hall–Kier alpha value is -1.89. The van der Waals surface area contributed by atoms with Crippen LogP contribution in [0.4, 0.5) is 0 Å². The van der Waals surface area contributed by atoms with Gasteiger partial charge in [-0.1, -0.05) is 35.9 Å². The Morgan fingerprint density at radius 1 is 1.00 bits per heavy atom. The molecule has 0 amide bonds. The summed E-state index contributed by atoms with van der Waals surface area (Å²) in [7, 11) is 0. The molecule has 0 aromatic heterocycles. The van der Waals surface area contributed by atoms with Gasteiger partial charge in [-0.05, 0) is 48.6 Å². The first-order valence-corrected chi connectivity index (χ1v) is 5.89. The molecule has 0 bridgehead atoms. The lowest BCUT2D eigenvalue weighted by Crippen LogP contribution is -1.93. The van der Waals surface area contributed by atoms with Gasteiger partial charge in [-0.25, -0.2) is 0 Å². The van der Waals surface area contributed by atoms with Crippen LogP contribution in [-0.2, 0) is 6.42 Å². The Balaban J connectivity index is 2.15. The Morgan fingerprint density at radius 3 is 2.35 bits per heavy atom. The largest absolute Gasteiger partial charge is 0.295 e. The molecule has 0 heterocycles. The lowest BCUT2D eigenvalue weighted by atomic mass is 10.0. The highest BCUT2D eigenvalue weighted by molar-refractivity contribution is 5.95. The molecule has 2 aromatic rings. The Morgan fingerprint density at radius 2 is 1.65 bits per heavy atom. The first-order valence-electron chi connectivity index (χ1n) is 5.89. The molecule has 0 N–H and O–H groups in total. The van der Waals surface area contributed by atoms with E-state index in [1.165, 1.54) is 27.8 Å². The van der Waals surface area contributed by atoms with Crippen molar-refractivity contribution in [2.24, 2.45) is 0 Å². The van der Waals surface area contributed by atoms with Crippen molar-refractivity contribution >= 4 is 5.78 Å². The molecule has 1 aliphatic carbocycles. The molecule has 0 unspecified atom stereocenters. The number of aryl methyl sites for hydroxylation is 1. The number of ketones is 1. The van der Waals surface area contributed by atoms with Crippen LogP contribution in [0.3, 0.4) is 0 Å². The van der Waals surface area contributed by atoms with Crippen LogP contribution in [0.5, 0.6) is 0 Å². The average molecular weight is 222 g/mol. The SMILES string of the molecule is CC(=O)c1ccc2c(c1)Cc1cc(C)ccc1-2. The smallest absolute Gasteiger partial charge is 0.159 e. The average Bonchev–Trinajstić information content (AvgIpc) is 2.64. The van der Waals surface area contributed by atoms with Gasteiger partial charge in [0, 0.05) is 5.56 Å². The number of hydrogen-bond acceptors (Lipinski definition) is 1. The molecule has 17 heavy (non-hydrogen) atoms. The van der Waals surface area contributed by atoms with E-state index in [4.69, 9.17) is 0 Å². The predicted octanol–water partition coefficient (Wildman–Crippen LogP) is 3.77. The van der Waals surface area contributed by atoms with Gasteiger partial charge in [0.1, 0.15) is 0 Å². The van der Waals surface area contributed by atoms with Crippen molar-refractivity contribution < 1.29 is 4.79 Å². The minimum absolute atomic E-state index is 0.139. The molecule has 0 aliphatic heterocycles. The minimum Gasteiger partial charge on any atom is -0.295 e. The van der Waals surface area contributed by atoms with Gasteiger partial charge < -0.3 is 0 Å². The molecule has 0 atom stereocenters. The molecule has 1 nitrogen and oxygen atoms in total. The number of carbonyl (C=O) groups excluding carboxylic acids is 1. The highest BCUT2D eigenvalue weighted by atomic mass is 16.1. The zero-order valence-corrected chi connectivity index (χ0v) is 10.1. The van der Waals surface area contributed by atoms with Crippen LogP contribution in [0.25, 0.3) is 11.1 Å². The number of fused-ring (bicyclic) bond motifs is 3. The molecule has 0 radical (unpaired) electrons. The summed E-state index contributed by atoms with van der Waals surface area (Å²) in [6.07, 6.45) is 0.952. The third kappa shape index (κ3) is 1.59. The summed E-state index contributed by atoms with van der Waals surface area (Å²) >= 11 is 0. The highest BCUT2D eigenvalue weighted by Crippen LogP contribution is 2.37. The molecule has 0 saturated carbocycles. The fraction of sp³-hybridized carbons (Fsp3) is 0.188. The van der Waals surface area contributed by atoms with E-state index in [-0.39, 0.29) is 5.78 Å². The first-order chi connectivity index (χ1) is 8.15. The fourth-order valence-corrected chi connectivity index (χ4v) is 2.56. The summed E-state index contributed by atoms with van der Waals surface area (Å²) in [5.41, 5.74) is 7.36. The Bertz CT molecular complexity index is 623. The molecule has 0 fully saturated rings. The van der Waals surface area contributed by atoms with E-state index < -0.39 is 0 Å². The second kappa shape index (κ2) is 3.56. The van der Waals surface area contributed by atoms with E-state index in [0.29, 0.717) is 0 Å². The molecule has 0 saturated heterocycles. The van der Waals surface area contributed by atoms with Crippen molar-refractivity contribution in [1.82, 2.24) is 0 Å². The summed E-state index contributed by atoms with van der Waals surface area (Å²) in [6.45, 7) is 3.73. The highest BCUT2D eigenvalue weighted by Gasteiger charge is 2.18. The van der Waals surface area contributed by atoms with E-state index in [1.54, 1.807) is 6.92 Å². The van der Waals surface area contributed by atoms with E-state index in [1.807, 2.05) is 12.1 Å². The van der Waals surface area contributed by atoms with E-state index in [2.05, 4.69) is 31.2 Å². The lowest BCUT2D eigenvalue weighted by molar-refractivity contribution is 0.101. The zero-order valence-electron chi connectivity index (χ0n) is 10.1. The number of hydrogen-bond donors (Lipinski definition) is 0. The second-order valence-corrected chi connectivity index (χ2v) is 4.77. The number of rotatable bonds is 1. The lowest BCUT2D eigenvalue weighted by Gasteiger charge is -2.02. The van der Waals surface area contributed by atoms with Gasteiger partial charge >= 0.3 is 0 Å². The van der Waals surface area contributed by atoms with Crippen molar-refractivity contribution in [1.29, 1.82) is 0 Å². The second-order valence-electron chi connectivity index (χ2n) is 4.77. The summed E-state index contributed by atoms with van der Waals surface area (Å²) in [6, 6.07) is 12.6. The summed E-state index contributed by atoms with van der Waals surface area (Å²) < 4.78 is 0. The molecule has 3 rings (SSSR count). The van der Waals surface area contributed by atoms with Crippen LogP contribution in [0, 0.1) is 6.92 Å². The molecular formula is C16H14O. The predicted molar refractivity (Wildman–Crippen MR) is 69.4 cm³/mol. The molecule has 1 heteroatoms. The van der Waals surface area contributed by atoms with Crippen LogP contribution in [0.1, 0.15) is 34.0 Å². The number of carbonyl (C=O) groups is 1. The maximum absolute atomic E-state index is 11.4. The van der Waals surface area contributed by atoms with E-state index >= 15 is 0 Å². The Kier molecular flexibility index (Phi) is 2.15. The monoisotopic (exact) mass is 222 g/mol. The van der Waals surface area contributed by atoms with Crippen molar-refractivity contribution in [3.05, 3.63) is 58.7 Å². The van der Waals surface area contributed by atoms with E-state index in [0.717, 1.165) is 12.0 Å². The normalized spacial score (nSPS) is 12.1.